The molecule has 1 amide bonds. The SMILES string of the molecule is CCC(C)NC(=O)CO[C@H]1CCCNC1. The number of piperidine rings is 1. The molecule has 1 aliphatic heterocycles. The van der Waals surface area contributed by atoms with E-state index >= 15 is 0 Å². The van der Waals surface area contributed by atoms with Crippen LogP contribution in [0.15, 0.2) is 0 Å². The van der Waals surface area contributed by atoms with Crippen molar-refractivity contribution < 1.29 is 9.53 Å². The molecule has 2 N–H and O–H groups in total. The molecule has 1 unspecified atom stereocenters. The fourth-order valence-corrected chi connectivity index (χ4v) is 1.57. The van der Waals surface area contributed by atoms with Gasteiger partial charge in [-0.15, -0.1) is 0 Å². The summed E-state index contributed by atoms with van der Waals surface area (Å²) in [5, 5.41) is 6.14. The molecule has 0 aromatic rings. The number of ether oxygens (including phenoxy) is 1. The van der Waals surface area contributed by atoms with Gasteiger partial charge >= 0.3 is 0 Å². The van der Waals surface area contributed by atoms with Crippen molar-refractivity contribution in [1.82, 2.24) is 10.6 Å². The third kappa shape index (κ3) is 5.14. The van der Waals surface area contributed by atoms with Crippen molar-refractivity contribution in [2.24, 2.45) is 0 Å². The summed E-state index contributed by atoms with van der Waals surface area (Å²) >= 11 is 0. The summed E-state index contributed by atoms with van der Waals surface area (Å²) in [7, 11) is 0. The highest BCUT2D eigenvalue weighted by atomic mass is 16.5. The molecule has 1 saturated heterocycles. The van der Waals surface area contributed by atoms with Crippen molar-refractivity contribution in [2.75, 3.05) is 19.7 Å². The fourth-order valence-electron chi connectivity index (χ4n) is 1.57. The van der Waals surface area contributed by atoms with Gasteiger partial charge in [0.25, 0.3) is 0 Å². The lowest BCUT2D eigenvalue weighted by molar-refractivity contribution is -0.128. The van der Waals surface area contributed by atoms with Gasteiger partial charge in [0.05, 0.1) is 6.10 Å². The lowest BCUT2D eigenvalue weighted by atomic mass is 10.1. The summed E-state index contributed by atoms with van der Waals surface area (Å²) in [6.07, 6.45) is 3.36. The molecule has 0 saturated carbocycles. The van der Waals surface area contributed by atoms with Gasteiger partial charge in [-0.25, -0.2) is 0 Å². The Balaban J connectivity index is 2.10. The number of hydrogen-bond acceptors (Lipinski definition) is 3. The molecule has 4 nitrogen and oxygen atoms in total. The average molecular weight is 214 g/mol. The van der Waals surface area contributed by atoms with Crippen LogP contribution in [-0.2, 0) is 9.53 Å². The molecular formula is C11H22N2O2. The van der Waals surface area contributed by atoms with Crippen LogP contribution in [0, 0.1) is 0 Å². The highest BCUT2D eigenvalue weighted by Crippen LogP contribution is 2.05. The second kappa shape index (κ2) is 6.80. The molecule has 1 rings (SSSR count). The summed E-state index contributed by atoms with van der Waals surface area (Å²) in [6.45, 7) is 6.18. The first-order valence-electron chi connectivity index (χ1n) is 5.84. The molecule has 1 aliphatic rings. The first-order chi connectivity index (χ1) is 7.22. The lowest BCUT2D eigenvalue weighted by Gasteiger charge is -2.23. The van der Waals surface area contributed by atoms with Crippen molar-refractivity contribution in [3.63, 3.8) is 0 Å². The quantitative estimate of drug-likeness (QED) is 0.707. The second-order valence-electron chi connectivity index (χ2n) is 4.16. The van der Waals surface area contributed by atoms with Gasteiger partial charge in [-0.05, 0) is 32.7 Å². The number of hydrogen-bond donors (Lipinski definition) is 2. The maximum Gasteiger partial charge on any atom is 0.246 e. The van der Waals surface area contributed by atoms with Gasteiger partial charge in [0, 0.05) is 12.6 Å². The summed E-state index contributed by atoms with van der Waals surface area (Å²) in [6, 6.07) is 0.241. The van der Waals surface area contributed by atoms with E-state index in [9.17, 15) is 4.79 Å². The Hall–Kier alpha value is -0.610. The van der Waals surface area contributed by atoms with Crippen molar-refractivity contribution in [2.45, 2.75) is 45.3 Å². The third-order valence-corrected chi connectivity index (χ3v) is 2.72. The van der Waals surface area contributed by atoms with Crippen molar-refractivity contribution >= 4 is 5.91 Å². The average Bonchev–Trinajstić information content (AvgIpc) is 2.27. The molecular weight excluding hydrogens is 192 g/mol. The summed E-state index contributed by atoms with van der Waals surface area (Å²) in [5.74, 6) is -0.00470. The Bertz CT molecular complexity index is 191. The normalized spacial score (nSPS) is 23.5. The van der Waals surface area contributed by atoms with E-state index in [1.54, 1.807) is 0 Å². The maximum absolute atomic E-state index is 11.4. The van der Waals surface area contributed by atoms with Gasteiger partial charge in [0.1, 0.15) is 6.61 Å². The predicted molar refractivity (Wildman–Crippen MR) is 59.7 cm³/mol. The number of rotatable bonds is 5. The molecule has 0 aromatic carbocycles. The van der Waals surface area contributed by atoms with E-state index in [0.717, 1.165) is 32.4 Å². The van der Waals surface area contributed by atoms with Crippen LogP contribution in [0.3, 0.4) is 0 Å². The summed E-state index contributed by atoms with van der Waals surface area (Å²) < 4.78 is 5.52. The Kier molecular flexibility index (Phi) is 5.65. The molecule has 4 heteroatoms. The smallest absolute Gasteiger partial charge is 0.246 e. The molecule has 0 spiro atoms. The summed E-state index contributed by atoms with van der Waals surface area (Å²) in [4.78, 5) is 11.4. The van der Waals surface area contributed by atoms with Crippen LogP contribution in [0.1, 0.15) is 33.1 Å². The van der Waals surface area contributed by atoms with E-state index in [1.165, 1.54) is 0 Å². The van der Waals surface area contributed by atoms with E-state index in [0.29, 0.717) is 0 Å². The maximum atomic E-state index is 11.4. The van der Waals surface area contributed by atoms with Crippen molar-refractivity contribution in [3.05, 3.63) is 0 Å². The minimum Gasteiger partial charge on any atom is -0.367 e. The zero-order valence-electron chi connectivity index (χ0n) is 9.71. The highest BCUT2D eigenvalue weighted by molar-refractivity contribution is 5.77. The van der Waals surface area contributed by atoms with Crippen LogP contribution in [0.25, 0.3) is 0 Å². The molecule has 0 aliphatic carbocycles. The molecule has 1 heterocycles. The van der Waals surface area contributed by atoms with Crippen LogP contribution in [0.2, 0.25) is 0 Å². The van der Waals surface area contributed by atoms with E-state index in [-0.39, 0.29) is 24.7 Å². The summed E-state index contributed by atoms with van der Waals surface area (Å²) in [5.41, 5.74) is 0. The molecule has 15 heavy (non-hydrogen) atoms. The van der Waals surface area contributed by atoms with Crippen LogP contribution < -0.4 is 10.6 Å². The van der Waals surface area contributed by atoms with Gasteiger partial charge in [-0.2, -0.15) is 0 Å². The van der Waals surface area contributed by atoms with Crippen LogP contribution in [0.4, 0.5) is 0 Å². The topological polar surface area (TPSA) is 50.4 Å². The minimum atomic E-state index is -0.00470. The Morgan fingerprint density at radius 3 is 3.07 bits per heavy atom. The van der Waals surface area contributed by atoms with Crippen LogP contribution in [0.5, 0.6) is 0 Å². The van der Waals surface area contributed by atoms with E-state index < -0.39 is 0 Å². The van der Waals surface area contributed by atoms with Gasteiger partial charge in [-0.3, -0.25) is 4.79 Å². The minimum absolute atomic E-state index is 0.00470. The zero-order valence-corrected chi connectivity index (χ0v) is 9.71. The zero-order chi connectivity index (χ0) is 11.1. The standard InChI is InChI=1S/C11H22N2O2/c1-3-9(2)13-11(14)8-15-10-5-4-6-12-7-10/h9-10,12H,3-8H2,1-2H3,(H,13,14)/t9?,10-/m0/s1. The second-order valence-corrected chi connectivity index (χ2v) is 4.16. The number of amides is 1. The highest BCUT2D eigenvalue weighted by Gasteiger charge is 2.15. The van der Waals surface area contributed by atoms with Crippen LogP contribution >= 0.6 is 0 Å². The Morgan fingerprint density at radius 2 is 2.47 bits per heavy atom. The molecule has 1 fully saturated rings. The van der Waals surface area contributed by atoms with Crippen LogP contribution in [-0.4, -0.2) is 37.7 Å². The lowest BCUT2D eigenvalue weighted by Crippen LogP contribution is -2.39. The van der Waals surface area contributed by atoms with E-state index in [2.05, 4.69) is 17.6 Å². The molecule has 2 atom stereocenters. The molecule has 0 radical (unpaired) electrons. The number of carbonyl (C=O) groups excluding carboxylic acids is 1. The monoisotopic (exact) mass is 214 g/mol. The number of nitrogens with one attached hydrogen (secondary N) is 2. The van der Waals surface area contributed by atoms with Gasteiger partial charge in [0.15, 0.2) is 0 Å². The Morgan fingerprint density at radius 1 is 1.67 bits per heavy atom. The largest absolute Gasteiger partial charge is 0.367 e. The van der Waals surface area contributed by atoms with Crippen molar-refractivity contribution in [3.8, 4) is 0 Å². The molecule has 0 aromatic heterocycles. The first kappa shape index (κ1) is 12.5. The first-order valence-corrected chi connectivity index (χ1v) is 5.84. The van der Waals surface area contributed by atoms with E-state index in [1.807, 2.05) is 6.92 Å². The Labute approximate surface area is 91.8 Å². The third-order valence-electron chi connectivity index (χ3n) is 2.72. The van der Waals surface area contributed by atoms with Gasteiger partial charge < -0.3 is 15.4 Å². The molecule has 88 valence electrons. The van der Waals surface area contributed by atoms with Gasteiger partial charge in [-0.1, -0.05) is 6.92 Å². The van der Waals surface area contributed by atoms with E-state index in [4.69, 9.17) is 4.74 Å². The predicted octanol–water partition coefficient (Wildman–Crippen LogP) is 0.670. The van der Waals surface area contributed by atoms with Crippen molar-refractivity contribution in [1.29, 1.82) is 0 Å². The van der Waals surface area contributed by atoms with Gasteiger partial charge in [0.2, 0.25) is 5.91 Å². The molecule has 0 bridgehead atoms. The number of carbonyl (C=O) groups is 1. The fraction of sp³-hybridized carbons (Fsp3) is 0.909.